The van der Waals surface area contributed by atoms with Crippen molar-refractivity contribution in [1.29, 1.82) is 0 Å². The lowest BCUT2D eigenvalue weighted by molar-refractivity contribution is -0.143. The Hall–Kier alpha value is -2.92. The third kappa shape index (κ3) is 3.36. The Kier molecular flexibility index (Phi) is 4.28. The Bertz CT molecular complexity index is 1090. The van der Waals surface area contributed by atoms with Gasteiger partial charge in [0.25, 0.3) is 11.8 Å². The molecule has 5 rings (SSSR count). The van der Waals surface area contributed by atoms with Crippen LogP contribution in [0.4, 0.5) is 0 Å². The molecule has 1 aliphatic heterocycles. The summed E-state index contributed by atoms with van der Waals surface area (Å²) in [6.45, 7) is 1.96. The third-order valence-corrected chi connectivity index (χ3v) is 6.20. The molecule has 2 aliphatic carbocycles. The molecule has 1 saturated carbocycles. The van der Waals surface area contributed by atoms with Crippen LogP contribution in [-0.2, 0) is 4.79 Å². The molecular weight excluding hydrogens is 364 g/mol. The van der Waals surface area contributed by atoms with E-state index < -0.39 is 5.60 Å². The van der Waals surface area contributed by atoms with E-state index in [1.165, 1.54) is 10.4 Å². The molecular formula is C24H24N2O3. The second kappa shape index (κ2) is 6.85. The molecule has 0 unspecified atom stereocenters. The van der Waals surface area contributed by atoms with Crippen LogP contribution in [0.25, 0.3) is 23.3 Å². The highest BCUT2D eigenvalue weighted by molar-refractivity contribution is 5.95. The zero-order valence-electron chi connectivity index (χ0n) is 16.3. The smallest absolute Gasteiger partial charge is 0.254 e. The highest BCUT2D eigenvalue weighted by Crippen LogP contribution is 2.37. The van der Waals surface area contributed by atoms with Crippen molar-refractivity contribution in [2.24, 2.45) is 0 Å². The maximum atomic E-state index is 12.9. The van der Waals surface area contributed by atoms with Crippen LogP contribution in [-0.4, -0.2) is 58.5 Å². The van der Waals surface area contributed by atoms with Gasteiger partial charge in [0.15, 0.2) is 0 Å². The fourth-order valence-electron chi connectivity index (χ4n) is 4.16. The van der Waals surface area contributed by atoms with E-state index in [9.17, 15) is 14.7 Å². The zero-order valence-corrected chi connectivity index (χ0v) is 16.3. The molecule has 29 heavy (non-hydrogen) atoms. The summed E-state index contributed by atoms with van der Waals surface area (Å²) in [7, 11) is 0. The molecule has 3 aliphatic rings. The molecule has 1 N–H and O–H groups in total. The van der Waals surface area contributed by atoms with Gasteiger partial charge in [0.2, 0.25) is 0 Å². The number of piperazine rings is 1. The second-order valence-electron chi connectivity index (χ2n) is 8.18. The standard InChI is InChI=1S/C24H24N2O3/c27-22(25-12-14-26(15-13-25)23(28)24(29)10-11-24)19-7-4-18(5-8-19)21-9-6-17-2-1-3-20(17)16-21/h2-9,16,29H,1,10-15H2. The molecule has 2 fully saturated rings. The van der Waals surface area contributed by atoms with Crippen LogP contribution in [0.5, 0.6) is 0 Å². The normalized spacial score (nSPS) is 19.2. The fraction of sp³-hybridized carbons (Fsp3) is 0.333. The van der Waals surface area contributed by atoms with E-state index >= 15 is 0 Å². The van der Waals surface area contributed by atoms with Crippen LogP contribution >= 0.6 is 0 Å². The van der Waals surface area contributed by atoms with E-state index in [1.807, 2.05) is 24.3 Å². The topological polar surface area (TPSA) is 60.9 Å². The minimum atomic E-state index is -1.13. The van der Waals surface area contributed by atoms with Gasteiger partial charge >= 0.3 is 0 Å². The Morgan fingerprint density at radius 3 is 2.10 bits per heavy atom. The van der Waals surface area contributed by atoms with Crippen molar-refractivity contribution in [1.82, 2.24) is 9.80 Å². The Balaban J connectivity index is 1.25. The molecule has 0 atom stereocenters. The molecule has 2 aromatic rings. The fourth-order valence-corrected chi connectivity index (χ4v) is 4.16. The molecule has 0 bridgehead atoms. The summed E-state index contributed by atoms with van der Waals surface area (Å²) in [5.74, 6) is -0.191. The van der Waals surface area contributed by atoms with Crippen molar-refractivity contribution < 1.29 is 14.7 Å². The summed E-state index contributed by atoms with van der Waals surface area (Å²) in [6.07, 6.45) is 6.54. The Labute approximate surface area is 169 Å². The number of fused-ring (bicyclic) bond motifs is 1. The van der Waals surface area contributed by atoms with E-state index in [0.29, 0.717) is 44.6 Å². The lowest BCUT2D eigenvalue weighted by Gasteiger charge is -2.35. The molecule has 1 heterocycles. The first kappa shape index (κ1) is 18.1. The maximum absolute atomic E-state index is 12.9. The Morgan fingerprint density at radius 2 is 1.41 bits per heavy atom. The highest BCUT2D eigenvalue weighted by atomic mass is 16.3. The van der Waals surface area contributed by atoms with Crippen LogP contribution in [0.15, 0.2) is 42.5 Å². The molecule has 0 aromatic heterocycles. The quantitative estimate of drug-likeness (QED) is 0.858. The SMILES string of the molecule is O=C(c1ccc(-c2ccc3c(c2)=CCC=3)cc1)N1CCN(C(=O)C2(O)CC2)CC1. The van der Waals surface area contributed by atoms with E-state index in [0.717, 1.165) is 17.5 Å². The first-order chi connectivity index (χ1) is 14.0. The van der Waals surface area contributed by atoms with Gasteiger partial charge in [0.1, 0.15) is 5.60 Å². The second-order valence-corrected chi connectivity index (χ2v) is 8.18. The van der Waals surface area contributed by atoms with Crippen molar-refractivity contribution in [2.45, 2.75) is 24.9 Å². The van der Waals surface area contributed by atoms with Crippen LogP contribution in [0.1, 0.15) is 29.6 Å². The number of amides is 2. The maximum Gasteiger partial charge on any atom is 0.254 e. The number of hydrogen-bond donors (Lipinski definition) is 1. The summed E-state index contributed by atoms with van der Waals surface area (Å²) < 4.78 is 0. The lowest BCUT2D eigenvalue weighted by Crippen LogP contribution is -2.53. The van der Waals surface area contributed by atoms with E-state index in [1.54, 1.807) is 9.80 Å². The average molecular weight is 388 g/mol. The first-order valence-electron chi connectivity index (χ1n) is 10.3. The molecule has 0 radical (unpaired) electrons. The number of carbonyl (C=O) groups is 2. The minimum Gasteiger partial charge on any atom is -0.380 e. The van der Waals surface area contributed by atoms with Crippen LogP contribution < -0.4 is 10.4 Å². The van der Waals surface area contributed by atoms with E-state index in [4.69, 9.17) is 0 Å². The van der Waals surface area contributed by atoms with Crippen molar-refractivity contribution >= 4 is 24.0 Å². The minimum absolute atomic E-state index is 0.00864. The van der Waals surface area contributed by atoms with Crippen LogP contribution in [0, 0.1) is 0 Å². The van der Waals surface area contributed by atoms with Gasteiger partial charge in [-0.25, -0.2) is 0 Å². The molecule has 1 saturated heterocycles. The first-order valence-corrected chi connectivity index (χ1v) is 10.3. The molecule has 5 nitrogen and oxygen atoms in total. The zero-order chi connectivity index (χ0) is 20.0. The summed E-state index contributed by atoms with van der Waals surface area (Å²) in [5.41, 5.74) is 1.78. The van der Waals surface area contributed by atoms with Crippen molar-refractivity contribution in [3.63, 3.8) is 0 Å². The predicted octanol–water partition coefficient (Wildman–Crippen LogP) is 1.13. The number of hydrogen-bond acceptors (Lipinski definition) is 3. The third-order valence-electron chi connectivity index (χ3n) is 6.20. The summed E-state index contributed by atoms with van der Waals surface area (Å²) in [6, 6.07) is 14.2. The molecule has 2 amide bonds. The van der Waals surface area contributed by atoms with Gasteiger partial charge < -0.3 is 14.9 Å². The molecule has 5 heteroatoms. The van der Waals surface area contributed by atoms with Crippen molar-refractivity contribution in [2.75, 3.05) is 26.2 Å². The Morgan fingerprint density at radius 1 is 0.793 bits per heavy atom. The van der Waals surface area contributed by atoms with Gasteiger partial charge in [0, 0.05) is 31.7 Å². The largest absolute Gasteiger partial charge is 0.380 e. The highest BCUT2D eigenvalue weighted by Gasteiger charge is 2.50. The number of nitrogens with zero attached hydrogens (tertiary/aromatic N) is 2. The van der Waals surface area contributed by atoms with Gasteiger partial charge in [0.05, 0.1) is 0 Å². The van der Waals surface area contributed by atoms with Crippen LogP contribution in [0.2, 0.25) is 0 Å². The average Bonchev–Trinajstić information content (AvgIpc) is 3.34. The molecule has 2 aromatic carbocycles. The lowest BCUT2D eigenvalue weighted by atomic mass is 10.0. The van der Waals surface area contributed by atoms with Gasteiger partial charge in [-0.05, 0) is 59.0 Å². The number of rotatable bonds is 3. The molecule has 148 valence electrons. The van der Waals surface area contributed by atoms with Crippen LogP contribution in [0.3, 0.4) is 0 Å². The monoisotopic (exact) mass is 388 g/mol. The summed E-state index contributed by atoms with van der Waals surface area (Å²) in [4.78, 5) is 28.6. The van der Waals surface area contributed by atoms with E-state index in [2.05, 4.69) is 30.4 Å². The van der Waals surface area contributed by atoms with Crippen molar-refractivity contribution in [3.05, 3.63) is 58.5 Å². The van der Waals surface area contributed by atoms with Gasteiger partial charge in [-0.2, -0.15) is 0 Å². The molecule has 0 spiro atoms. The van der Waals surface area contributed by atoms with Gasteiger partial charge in [-0.1, -0.05) is 36.4 Å². The van der Waals surface area contributed by atoms with Gasteiger partial charge in [-0.3, -0.25) is 9.59 Å². The predicted molar refractivity (Wildman–Crippen MR) is 111 cm³/mol. The summed E-state index contributed by atoms with van der Waals surface area (Å²) in [5, 5.41) is 12.6. The van der Waals surface area contributed by atoms with Gasteiger partial charge in [-0.15, -0.1) is 0 Å². The number of aliphatic hydroxyl groups is 1. The number of benzene rings is 2. The van der Waals surface area contributed by atoms with Crippen molar-refractivity contribution in [3.8, 4) is 11.1 Å². The summed E-state index contributed by atoms with van der Waals surface area (Å²) >= 11 is 0. The van der Waals surface area contributed by atoms with E-state index in [-0.39, 0.29) is 11.8 Å². The number of carbonyl (C=O) groups excluding carboxylic acids is 2.